The lowest BCUT2D eigenvalue weighted by Crippen LogP contribution is -2.54. The van der Waals surface area contributed by atoms with Crippen LogP contribution in [-0.2, 0) is 0 Å². The van der Waals surface area contributed by atoms with Gasteiger partial charge in [0.1, 0.15) is 0 Å². The van der Waals surface area contributed by atoms with Gasteiger partial charge in [-0.2, -0.15) is 0 Å². The van der Waals surface area contributed by atoms with Crippen LogP contribution in [0, 0.1) is 0 Å². The normalized spacial score (nSPS) is 32.8. The molecule has 0 aromatic rings. The fourth-order valence-electron chi connectivity index (χ4n) is 2.36. The van der Waals surface area contributed by atoms with Gasteiger partial charge in [-0.3, -0.25) is 4.90 Å². The van der Waals surface area contributed by atoms with E-state index in [2.05, 4.69) is 28.8 Å². The third-order valence-electron chi connectivity index (χ3n) is 3.47. The molecule has 0 bridgehead atoms. The molecule has 0 N–H and O–H groups in total. The van der Waals surface area contributed by atoms with E-state index in [1.54, 1.807) is 0 Å². The summed E-state index contributed by atoms with van der Waals surface area (Å²) in [6.07, 6.45) is 1.67. The topological polar surface area (TPSA) is 23.8 Å². The van der Waals surface area contributed by atoms with Gasteiger partial charge in [-0.15, -0.1) is 0 Å². The molecule has 2 fully saturated rings. The lowest BCUT2D eigenvalue weighted by Gasteiger charge is -2.38. The van der Waals surface area contributed by atoms with Crippen molar-refractivity contribution in [3.8, 4) is 0 Å². The van der Waals surface area contributed by atoms with Gasteiger partial charge in [0, 0.05) is 39.3 Å². The fraction of sp³-hybridized carbons (Fsp3) is 1.00. The molecule has 0 amide bonds. The molecule has 2 aliphatic heterocycles. The van der Waals surface area contributed by atoms with Gasteiger partial charge in [0.05, 0.1) is 6.17 Å². The molecule has 1 unspecified atom stereocenters. The summed E-state index contributed by atoms with van der Waals surface area (Å²) in [5, 5.41) is 4.79. The molecule has 87 valence electrons. The zero-order valence-corrected chi connectivity index (χ0v) is 10.0. The maximum atomic E-state index is 4.79. The number of hydrogen-bond donors (Lipinski definition) is 0. The molecule has 0 aromatic carbocycles. The van der Waals surface area contributed by atoms with Crippen LogP contribution in [0.15, 0.2) is 0 Å². The van der Waals surface area contributed by atoms with Gasteiger partial charge in [-0.1, -0.05) is 0 Å². The summed E-state index contributed by atoms with van der Waals surface area (Å²) < 4.78 is 0. The van der Waals surface area contributed by atoms with Crippen LogP contribution >= 0.6 is 0 Å². The van der Waals surface area contributed by atoms with E-state index in [0.29, 0.717) is 6.17 Å². The Morgan fingerprint density at radius 2 is 1.67 bits per heavy atom. The third-order valence-corrected chi connectivity index (χ3v) is 3.47. The Morgan fingerprint density at radius 3 is 2.40 bits per heavy atom. The van der Waals surface area contributed by atoms with Crippen LogP contribution in [0.5, 0.6) is 0 Å². The van der Waals surface area contributed by atoms with Gasteiger partial charge in [-0.25, -0.2) is 5.32 Å². The quantitative estimate of drug-likeness (QED) is 0.584. The molecule has 0 aliphatic carbocycles. The van der Waals surface area contributed by atoms with Crippen molar-refractivity contribution in [1.29, 1.82) is 0 Å². The van der Waals surface area contributed by atoms with Gasteiger partial charge in [0.15, 0.2) is 0 Å². The first-order valence-electron chi connectivity index (χ1n) is 6.03. The minimum absolute atomic E-state index is 0.450. The van der Waals surface area contributed by atoms with Gasteiger partial charge >= 0.3 is 0 Å². The van der Waals surface area contributed by atoms with Gasteiger partial charge < -0.3 is 9.80 Å². The maximum absolute atomic E-state index is 4.79. The Hall–Kier alpha value is -0.160. The molecule has 1 atom stereocenters. The minimum atomic E-state index is 0.450. The summed E-state index contributed by atoms with van der Waals surface area (Å²) in [5.74, 6) is 0. The van der Waals surface area contributed by atoms with E-state index < -0.39 is 0 Å². The number of rotatable bonds is 1. The standard InChI is InChI=1S/C11H23N4/c1-13-6-8-15(9-7-13)11-10-14(2)5-3-4-12-11/h11H,3-10H2,1-2H3. The molecule has 2 rings (SSSR count). The highest BCUT2D eigenvalue weighted by Crippen LogP contribution is 2.08. The van der Waals surface area contributed by atoms with Crippen molar-refractivity contribution < 1.29 is 0 Å². The molecular formula is C11H23N4. The first kappa shape index (κ1) is 11.3. The van der Waals surface area contributed by atoms with Crippen molar-refractivity contribution in [2.45, 2.75) is 12.6 Å². The SMILES string of the molecule is CN1CCN(C2CN(C)CCC[N]2)CC1. The Bertz CT molecular complexity index is 189. The predicted octanol–water partition coefficient (Wildman–Crippen LogP) is -0.500. The molecule has 2 aliphatic rings. The second-order valence-corrected chi connectivity index (χ2v) is 4.84. The minimum Gasteiger partial charge on any atom is -0.304 e. The van der Waals surface area contributed by atoms with E-state index in [1.165, 1.54) is 39.1 Å². The first-order valence-corrected chi connectivity index (χ1v) is 6.03. The lowest BCUT2D eigenvalue weighted by atomic mass is 10.3. The highest BCUT2D eigenvalue weighted by atomic mass is 15.3. The molecule has 15 heavy (non-hydrogen) atoms. The summed E-state index contributed by atoms with van der Waals surface area (Å²) in [5.41, 5.74) is 0. The first-order chi connectivity index (χ1) is 7.25. The van der Waals surface area contributed by atoms with E-state index in [4.69, 9.17) is 5.32 Å². The van der Waals surface area contributed by atoms with Crippen LogP contribution in [0.1, 0.15) is 6.42 Å². The Kier molecular flexibility index (Phi) is 3.97. The van der Waals surface area contributed by atoms with Crippen molar-refractivity contribution in [2.75, 3.05) is 59.9 Å². The average Bonchev–Trinajstić information content (AvgIpc) is 2.44. The van der Waals surface area contributed by atoms with Crippen molar-refractivity contribution >= 4 is 0 Å². The second-order valence-electron chi connectivity index (χ2n) is 4.84. The Morgan fingerprint density at radius 1 is 0.933 bits per heavy atom. The number of hydrogen-bond acceptors (Lipinski definition) is 3. The van der Waals surface area contributed by atoms with Crippen molar-refractivity contribution in [2.24, 2.45) is 0 Å². The molecule has 0 aromatic heterocycles. The van der Waals surface area contributed by atoms with E-state index in [9.17, 15) is 0 Å². The monoisotopic (exact) mass is 211 g/mol. The molecule has 0 saturated carbocycles. The molecule has 4 nitrogen and oxygen atoms in total. The maximum Gasteiger partial charge on any atom is 0.0890 e. The van der Waals surface area contributed by atoms with E-state index in [-0.39, 0.29) is 0 Å². The van der Waals surface area contributed by atoms with Crippen LogP contribution in [0.4, 0.5) is 0 Å². The highest BCUT2D eigenvalue weighted by Gasteiger charge is 2.25. The van der Waals surface area contributed by atoms with Crippen molar-refractivity contribution in [3.63, 3.8) is 0 Å². The molecule has 2 heterocycles. The summed E-state index contributed by atoms with van der Waals surface area (Å²) >= 11 is 0. The summed E-state index contributed by atoms with van der Waals surface area (Å²) in [6, 6.07) is 0. The largest absolute Gasteiger partial charge is 0.304 e. The second kappa shape index (κ2) is 5.25. The molecule has 2 saturated heterocycles. The third kappa shape index (κ3) is 3.14. The average molecular weight is 211 g/mol. The number of likely N-dealkylation sites (N-methyl/N-ethyl adjacent to an activating group) is 2. The van der Waals surface area contributed by atoms with E-state index in [0.717, 1.165) is 13.1 Å². The lowest BCUT2D eigenvalue weighted by molar-refractivity contribution is 0.0810. The molecule has 1 radical (unpaired) electrons. The Labute approximate surface area is 93.2 Å². The Balaban J connectivity index is 1.85. The van der Waals surface area contributed by atoms with Crippen LogP contribution in [0.2, 0.25) is 0 Å². The smallest absolute Gasteiger partial charge is 0.0890 e. The van der Waals surface area contributed by atoms with E-state index in [1.807, 2.05) is 0 Å². The molecule has 4 heteroatoms. The molecular weight excluding hydrogens is 188 g/mol. The van der Waals surface area contributed by atoms with Gasteiger partial charge in [-0.05, 0) is 27.1 Å². The van der Waals surface area contributed by atoms with Crippen LogP contribution in [0.3, 0.4) is 0 Å². The van der Waals surface area contributed by atoms with E-state index >= 15 is 0 Å². The van der Waals surface area contributed by atoms with Crippen LogP contribution in [0.25, 0.3) is 0 Å². The van der Waals surface area contributed by atoms with Crippen molar-refractivity contribution in [3.05, 3.63) is 0 Å². The summed E-state index contributed by atoms with van der Waals surface area (Å²) in [4.78, 5) is 7.36. The zero-order chi connectivity index (χ0) is 10.7. The van der Waals surface area contributed by atoms with Gasteiger partial charge in [0.25, 0.3) is 0 Å². The summed E-state index contributed by atoms with van der Waals surface area (Å²) in [6.45, 7) is 8.10. The zero-order valence-electron chi connectivity index (χ0n) is 10.0. The highest BCUT2D eigenvalue weighted by molar-refractivity contribution is 4.79. The van der Waals surface area contributed by atoms with Crippen LogP contribution < -0.4 is 5.32 Å². The fourth-order valence-corrected chi connectivity index (χ4v) is 2.36. The van der Waals surface area contributed by atoms with Gasteiger partial charge in [0.2, 0.25) is 0 Å². The molecule has 0 spiro atoms. The summed E-state index contributed by atoms with van der Waals surface area (Å²) in [7, 11) is 4.41. The number of nitrogens with zero attached hydrogens (tertiary/aromatic N) is 4. The number of piperazine rings is 1. The predicted molar refractivity (Wildman–Crippen MR) is 62.0 cm³/mol. The van der Waals surface area contributed by atoms with Crippen molar-refractivity contribution in [1.82, 2.24) is 20.0 Å². The van der Waals surface area contributed by atoms with Crippen LogP contribution in [-0.4, -0.2) is 80.8 Å².